The lowest BCUT2D eigenvalue weighted by Crippen LogP contribution is -2.29. The second kappa shape index (κ2) is 6.98. The van der Waals surface area contributed by atoms with Crippen LogP contribution in [0.3, 0.4) is 0 Å². The number of aromatic carboxylic acids is 1. The number of carboxylic acid groups (broad SMARTS) is 1. The molecule has 1 atom stereocenters. The third-order valence-electron chi connectivity index (χ3n) is 6.01. The molecule has 2 heterocycles. The number of aromatic nitrogens is 1. The minimum Gasteiger partial charge on any atom is -0.477 e. The fourth-order valence-corrected chi connectivity index (χ4v) is 4.57. The van der Waals surface area contributed by atoms with Crippen molar-refractivity contribution in [2.24, 2.45) is 5.92 Å². The zero-order chi connectivity index (χ0) is 19.1. The topological polar surface area (TPSA) is 71.3 Å². The van der Waals surface area contributed by atoms with Gasteiger partial charge in [0.25, 0.3) is 0 Å². The molecule has 0 spiro atoms. The van der Waals surface area contributed by atoms with E-state index in [0.29, 0.717) is 35.8 Å². The van der Waals surface area contributed by atoms with Crippen LogP contribution in [0.25, 0.3) is 10.9 Å². The Morgan fingerprint density at radius 1 is 1.22 bits per heavy atom. The zero-order valence-electron chi connectivity index (χ0n) is 15.6. The van der Waals surface area contributed by atoms with Crippen LogP contribution in [0.15, 0.2) is 16.9 Å². The first-order valence-electron chi connectivity index (χ1n) is 9.84. The van der Waals surface area contributed by atoms with Crippen LogP contribution in [0.2, 0.25) is 0 Å². The smallest absolute Gasteiger partial charge is 0.341 e. The van der Waals surface area contributed by atoms with E-state index in [4.69, 9.17) is 0 Å². The van der Waals surface area contributed by atoms with Crippen molar-refractivity contribution in [2.75, 3.05) is 5.32 Å². The summed E-state index contributed by atoms with van der Waals surface area (Å²) in [6.07, 6.45) is 6.94. The lowest BCUT2D eigenvalue weighted by Gasteiger charge is -2.28. The molecule has 4 rings (SSSR count). The van der Waals surface area contributed by atoms with Crippen LogP contribution in [-0.4, -0.2) is 21.7 Å². The van der Waals surface area contributed by atoms with Gasteiger partial charge in [0.1, 0.15) is 11.4 Å². The number of pyridine rings is 1. The van der Waals surface area contributed by atoms with Crippen molar-refractivity contribution in [1.29, 1.82) is 0 Å². The first kappa shape index (κ1) is 18.0. The van der Waals surface area contributed by atoms with Crippen LogP contribution >= 0.6 is 0 Å². The molecule has 1 aliphatic carbocycles. The van der Waals surface area contributed by atoms with E-state index < -0.39 is 17.2 Å². The highest BCUT2D eigenvalue weighted by molar-refractivity contribution is 5.95. The van der Waals surface area contributed by atoms with Crippen molar-refractivity contribution in [3.63, 3.8) is 0 Å². The van der Waals surface area contributed by atoms with E-state index in [1.165, 1.54) is 12.5 Å². The van der Waals surface area contributed by atoms with Gasteiger partial charge in [0.05, 0.1) is 11.2 Å². The van der Waals surface area contributed by atoms with E-state index in [2.05, 4.69) is 12.2 Å². The second-order valence-electron chi connectivity index (χ2n) is 8.04. The van der Waals surface area contributed by atoms with E-state index in [1.54, 1.807) is 6.07 Å². The Morgan fingerprint density at radius 2 is 1.96 bits per heavy atom. The van der Waals surface area contributed by atoms with Gasteiger partial charge in [-0.05, 0) is 43.7 Å². The Hall–Kier alpha value is -2.37. The maximum Gasteiger partial charge on any atom is 0.341 e. The summed E-state index contributed by atoms with van der Waals surface area (Å²) in [5.41, 5.74) is 0.813. The first-order valence-corrected chi connectivity index (χ1v) is 9.84. The molecule has 5 nitrogen and oxygen atoms in total. The lowest BCUT2D eigenvalue weighted by atomic mass is 9.93. The van der Waals surface area contributed by atoms with E-state index >= 15 is 0 Å². The number of benzene rings is 1. The quantitative estimate of drug-likeness (QED) is 0.848. The summed E-state index contributed by atoms with van der Waals surface area (Å²) in [5.74, 6) is -1.35. The van der Waals surface area contributed by atoms with Crippen molar-refractivity contribution in [1.82, 2.24) is 4.57 Å². The van der Waals surface area contributed by atoms with Crippen LogP contribution in [0.4, 0.5) is 10.1 Å². The van der Waals surface area contributed by atoms with Gasteiger partial charge < -0.3 is 15.0 Å². The number of nitrogens with zero attached hydrogens (tertiary/aromatic N) is 1. The Bertz CT molecular complexity index is 960. The van der Waals surface area contributed by atoms with Gasteiger partial charge in [0, 0.05) is 23.7 Å². The maximum atomic E-state index is 14.7. The molecule has 27 heavy (non-hydrogen) atoms. The first-order chi connectivity index (χ1) is 13.0. The molecule has 1 aliphatic heterocycles. The molecule has 0 saturated heterocycles. The summed E-state index contributed by atoms with van der Waals surface area (Å²) in [6.45, 7) is 2.75. The monoisotopic (exact) mass is 372 g/mol. The third-order valence-corrected chi connectivity index (χ3v) is 6.01. The largest absolute Gasteiger partial charge is 0.477 e. The van der Waals surface area contributed by atoms with Gasteiger partial charge in [0.2, 0.25) is 5.43 Å². The molecular formula is C21H25FN2O3. The molecule has 1 aromatic heterocycles. The number of anilines is 1. The molecule has 2 aromatic rings. The van der Waals surface area contributed by atoms with Gasteiger partial charge in [-0.25, -0.2) is 9.18 Å². The van der Waals surface area contributed by atoms with Gasteiger partial charge in [-0.1, -0.05) is 26.2 Å². The van der Waals surface area contributed by atoms with Crippen molar-refractivity contribution >= 4 is 22.6 Å². The van der Waals surface area contributed by atoms with E-state index in [0.717, 1.165) is 32.1 Å². The van der Waals surface area contributed by atoms with Crippen LogP contribution < -0.4 is 10.7 Å². The molecule has 144 valence electrons. The van der Waals surface area contributed by atoms with Gasteiger partial charge in [-0.2, -0.15) is 0 Å². The zero-order valence-corrected chi connectivity index (χ0v) is 15.6. The summed E-state index contributed by atoms with van der Waals surface area (Å²) in [6, 6.07) is 3.16. The van der Waals surface area contributed by atoms with Crippen LogP contribution in [0.5, 0.6) is 0 Å². The molecule has 2 aliphatic rings. The van der Waals surface area contributed by atoms with Crippen molar-refractivity contribution in [3.05, 3.63) is 39.4 Å². The molecule has 2 N–H and O–H groups in total. The Kier molecular flexibility index (Phi) is 4.66. The number of hydrogen-bond donors (Lipinski definition) is 2. The molecule has 1 fully saturated rings. The SMILES string of the molecule is CC1CCc2c(C(=O)O)c(=O)c3cc(F)c(NC4CCCCC4)cc3n2C1. The Labute approximate surface area is 157 Å². The van der Waals surface area contributed by atoms with E-state index in [1.807, 2.05) is 4.57 Å². The summed E-state index contributed by atoms with van der Waals surface area (Å²) in [4.78, 5) is 24.5. The van der Waals surface area contributed by atoms with Gasteiger partial charge >= 0.3 is 5.97 Å². The number of carbonyl (C=O) groups is 1. The van der Waals surface area contributed by atoms with E-state index in [9.17, 15) is 19.1 Å². The summed E-state index contributed by atoms with van der Waals surface area (Å²) in [5, 5.41) is 13.0. The number of rotatable bonds is 3. The van der Waals surface area contributed by atoms with Crippen molar-refractivity contribution in [2.45, 2.75) is 64.5 Å². The number of fused-ring (bicyclic) bond motifs is 3. The molecule has 0 amide bonds. The minimum atomic E-state index is -1.23. The lowest BCUT2D eigenvalue weighted by molar-refractivity contribution is 0.0692. The summed E-state index contributed by atoms with van der Waals surface area (Å²) in [7, 11) is 0. The van der Waals surface area contributed by atoms with Crippen LogP contribution in [-0.2, 0) is 13.0 Å². The summed E-state index contributed by atoms with van der Waals surface area (Å²) >= 11 is 0. The van der Waals surface area contributed by atoms with Crippen LogP contribution in [0, 0.1) is 11.7 Å². The second-order valence-corrected chi connectivity index (χ2v) is 8.04. The minimum absolute atomic E-state index is 0.150. The average molecular weight is 372 g/mol. The van der Waals surface area contributed by atoms with Gasteiger partial charge in [0.15, 0.2) is 0 Å². The number of halogens is 1. The van der Waals surface area contributed by atoms with Gasteiger partial charge in [-0.15, -0.1) is 0 Å². The predicted octanol–water partition coefficient (Wildman–Crippen LogP) is 4.17. The molecule has 0 bridgehead atoms. The number of hydrogen-bond acceptors (Lipinski definition) is 3. The fraction of sp³-hybridized carbons (Fsp3) is 0.524. The van der Waals surface area contributed by atoms with Crippen LogP contribution in [0.1, 0.15) is 61.5 Å². The standard InChI is InChI=1S/C21H25FN2O3/c1-12-7-8-17-19(21(26)27)20(25)14-9-15(22)16(10-18(14)24(17)11-12)23-13-5-3-2-4-6-13/h9-10,12-13,23H,2-8,11H2,1H3,(H,26,27). The highest BCUT2D eigenvalue weighted by atomic mass is 19.1. The number of nitrogens with one attached hydrogen (secondary N) is 1. The molecule has 1 unspecified atom stereocenters. The van der Waals surface area contributed by atoms with Crippen molar-refractivity contribution < 1.29 is 14.3 Å². The van der Waals surface area contributed by atoms with Crippen molar-refractivity contribution in [3.8, 4) is 0 Å². The highest BCUT2D eigenvalue weighted by Crippen LogP contribution is 2.30. The Balaban J connectivity index is 1.89. The molecule has 1 saturated carbocycles. The van der Waals surface area contributed by atoms with E-state index in [-0.39, 0.29) is 17.0 Å². The normalized spacial score (nSPS) is 20.4. The van der Waals surface area contributed by atoms with Gasteiger partial charge in [-0.3, -0.25) is 4.79 Å². The molecule has 0 radical (unpaired) electrons. The molecule has 6 heteroatoms. The third kappa shape index (κ3) is 3.22. The molecule has 1 aromatic carbocycles. The Morgan fingerprint density at radius 3 is 2.67 bits per heavy atom. The molecular weight excluding hydrogens is 347 g/mol. The highest BCUT2D eigenvalue weighted by Gasteiger charge is 2.27. The average Bonchev–Trinajstić information content (AvgIpc) is 2.64. The predicted molar refractivity (Wildman–Crippen MR) is 103 cm³/mol. The maximum absolute atomic E-state index is 14.7. The number of carboxylic acids is 1. The fourth-order valence-electron chi connectivity index (χ4n) is 4.57. The summed E-state index contributed by atoms with van der Waals surface area (Å²) < 4.78 is 16.7.